The number of thiophene rings is 1. The van der Waals surface area contributed by atoms with Crippen LogP contribution in [0.4, 0.5) is 16.4 Å². The second-order valence-corrected chi connectivity index (χ2v) is 11.9. The van der Waals surface area contributed by atoms with Gasteiger partial charge in [0.2, 0.25) is 0 Å². The molecule has 0 spiro atoms. The molecule has 1 aliphatic carbocycles. The molecule has 1 aromatic heterocycles. The average molecular weight is 546 g/mol. The quantitative estimate of drug-likeness (QED) is 0.292. The first-order chi connectivity index (χ1) is 17.5. The monoisotopic (exact) mass is 545 g/mol. The van der Waals surface area contributed by atoms with E-state index in [0.29, 0.717) is 48.5 Å². The van der Waals surface area contributed by atoms with Gasteiger partial charge in [-0.1, -0.05) is 20.8 Å². The third kappa shape index (κ3) is 5.91. The van der Waals surface area contributed by atoms with Crippen LogP contribution in [-0.4, -0.2) is 48.2 Å². The predicted molar refractivity (Wildman–Crippen MR) is 148 cm³/mol. The Balaban J connectivity index is 1.50. The van der Waals surface area contributed by atoms with Crippen LogP contribution in [0.1, 0.15) is 58.3 Å². The number of fused-ring (bicyclic) bond motifs is 1. The van der Waals surface area contributed by atoms with Gasteiger partial charge in [0.05, 0.1) is 23.7 Å². The third-order valence-electron chi connectivity index (χ3n) is 6.98. The molecule has 2 aromatic rings. The second-order valence-electron chi connectivity index (χ2n) is 10.3. The summed E-state index contributed by atoms with van der Waals surface area (Å²) >= 11 is 6.78. The van der Waals surface area contributed by atoms with Crippen LogP contribution < -0.4 is 21.3 Å². The molecule has 1 atom stereocenters. The van der Waals surface area contributed by atoms with Crippen LogP contribution in [0.2, 0.25) is 0 Å². The van der Waals surface area contributed by atoms with Gasteiger partial charge in [0.25, 0.3) is 17.5 Å². The molecule has 198 valence electrons. The molecule has 37 heavy (non-hydrogen) atoms. The van der Waals surface area contributed by atoms with Crippen molar-refractivity contribution >= 4 is 56.9 Å². The first-order valence-electron chi connectivity index (χ1n) is 12.1. The zero-order chi connectivity index (χ0) is 26.9. The number of primary amides is 1. The minimum absolute atomic E-state index is 0.0154. The van der Waals surface area contributed by atoms with E-state index in [4.69, 9.17) is 22.7 Å². The standard InChI is InChI=1S/C25H31N5O5S2/c1-25(2,3)15-5-6-16-19(13-15)37-23(20(16)21(26)31)28-24(36)27-22(32)14-4-7-17(18(12-14)30(33)34)29-8-10-35-11-9-29/h4,7,12,15H,5-6,8-11,13H2,1-3H3,(H2,26,31)(H2,27,28,32,36)/t15-/m0/s1. The maximum Gasteiger partial charge on any atom is 0.293 e. The predicted octanol–water partition coefficient (Wildman–Crippen LogP) is 3.87. The van der Waals surface area contributed by atoms with Gasteiger partial charge in [-0.15, -0.1) is 11.3 Å². The van der Waals surface area contributed by atoms with Crippen molar-refractivity contribution in [3.63, 3.8) is 0 Å². The van der Waals surface area contributed by atoms with Gasteiger partial charge in [0.1, 0.15) is 10.7 Å². The van der Waals surface area contributed by atoms with E-state index < -0.39 is 16.7 Å². The van der Waals surface area contributed by atoms with Crippen LogP contribution in [0.15, 0.2) is 18.2 Å². The first kappa shape index (κ1) is 27.0. The fourth-order valence-electron chi connectivity index (χ4n) is 4.87. The number of carbonyl (C=O) groups is 2. The number of carbonyl (C=O) groups excluding carboxylic acids is 2. The fraction of sp³-hybridized carbons (Fsp3) is 0.480. The molecule has 1 fully saturated rings. The number of rotatable bonds is 5. The molecule has 0 bridgehead atoms. The molecule has 1 aromatic carbocycles. The van der Waals surface area contributed by atoms with Crippen LogP contribution in [0.25, 0.3) is 0 Å². The van der Waals surface area contributed by atoms with Crippen LogP contribution in [-0.2, 0) is 17.6 Å². The highest BCUT2D eigenvalue weighted by atomic mass is 32.1. The molecule has 2 heterocycles. The third-order valence-corrected chi connectivity index (χ3v) is 8.35. The number of thiocarbonyl (C=S) groups is 1. The van der Waals surface area contributed by atoms with Crippen LogP contribution >= 0.6 is 23.6 Å². The summed E-state index contributed by atoms with van der Waals surface area (Å²) in [4.78, 5) is 39.4. The Morgan fingerprint density at radius 3 is 2.59 bits per heavy atom. The molecule has 1 saturated heterocycles. The van der Waals surface area contributed by atoms with E-state index in [1.54, 1.807) is 6.07 Å². The van der Waals surface area contributed by atoms with Crippen LogP contribution in [0.5, 0.6) is 0 Å². The van der Waals surface area contributed by atoms with Crippen LogP contribution in [0.3, 0.4) is 0 Å². The number of nitrogens with zero attached hydrogens (tertiary/aromatic N) is 2. The summed E-state index contributed by atoms with van der Waals surface area (Å²) in [6.45, 7) is 8.67. The molecule has 12 heteroatoms. The van der Waals surface area contributed by atoms with E-state index in [0.717, 1.165) is 29.7 Å². The van der Waals surface area contributed by atoms with Gasteiger partial charge >= 0.3 is 0 Å². The summed E-state index contributed by atoms with van der Waals surface area (Å²) in [5, 5.41) is 17.7. The van der Waals surface area contributed by atoms with Crippen LogP contribution in [0, 0.1) is 21.4 Å². The lowest BCUT2D eigenvalue weighted by Crippen LogP contribution is -2.37. The summed E-state index contributed by atoms with van der Waals surface area (Å²) in [6, 6.07) is 4.34. The molecule has 2 amide bonds. The van der Waals surface area contributed by atoms with E-state index >= 15 is 0 Å². The number of nitrogens with two attached hydrogens (primary N) is 1. The van der Waals surface area contributed by atoms with Gasteiger partial charge in [0.15, 0.2) is 5.11 Å². The Kier molecular flexibility index (Phi) is 7.81. The summed E-state index contributed by atoms with van der Waals surface area (Å²) in [6.07, 6.45) is 2.57. The SMILES string of the molecule is CC(C)(C)[C@H]1CCc2c(sc(NC(=S)NC(=O)c3ccc(N4CCOCC4)c([N+](=O)[O-])c3)c2C(N)=O)C1. The van der Waals surface area contributed by atoms with Crippen molar-refractivity contribution < 1.29 is 19.2 Å². The molecular weight excluding hydrogens is 514 g/mol. The highest BCUT2D eigenvalue weighted by Crippen LogP contribution is 2.44. The van der Waals surface area contributed by atoms with E-state index in [2.05, 4.69) is 31.4 Å². The largest absolute Gasteiger partial charge is 0.378 e. The molecule has 4 rings (SSSR count). The molecule has 0 unspecified atom stereocenters. The van der Waals surface area contributed by atoms with E-state index in [1.165, 1.54) is 23.5 Å². The highest BCUT2D eigenvalue weighted by Gasteiger charge is 2.33. The topological polar surface area (TPSA) is 140 Å². The van der Waals surface area contributed by atoms with Gasteiger partial charge in [-0.25, -0.2) is 0 Å². The number of benzene rings is 1. The molecule has 0 saturated carbocycles. The Bertz CT molecular complexity index is 1250. The molecule has 10 nitrogen and oxygen atoms in total. The zero-order valence-corrected chi connectivity index (χ0v) is 22.7. The minimum atomic E-state index is -0.594. The van der Waals surface area contributed by atoms with E-state index in [-0.39, 0.29) is 21.8 Å². The molecule has 4 N–H and O–H groups in total. The molecular formula is C25H31N5O5S2. The Hall–Kier alpha value is -3.09. The number of nitro benzene ring substituents is 1. The Labute approximate surface area is 224 Å². The zero-order valence-electron chi connectivity index (χ0n) is 21.1. The summed E-state index contributed by atoms with van der Waals surface area (Å²) in [7, 11) is 0. The number of hydrogen-bond donors (Lipinski definition) is 3. The second kappa shape index (κ2) is 10.7. The van der Waals surface area contributed by atoms with Gasteiger partial charge in [-0.3, -0.25) is 25.0 Å². The van der Waals surface area contributed by atoms with Crippen molar-refractivity contribution in [3.8, 4) is 0 Å². The maximum absolute atomic E-state index is 12.9. The van der Waals surface area contributed by atoms with Crippen molar-refractivity contribution in [3.05, 3.63) is 49.9 Å². The number of amides is 2. The van der Waals surface area contributed by atoms with E-state index in [9.17, 15) is 19.7 Å². The lowest BCUT2D eigenvalue weighted by Gasteiger charge is -2.33. The highest BCUT2D eigenvalue weighted by molar-refractivity contribution is 7.80. The summed E-state index contributed by atoms with van der Waals surface area (Å²) < 4.78 is 5.32. The van der Waals surface area contributed by atoms with Crippen molar-refractivity contribution in [2.75, 3.05) is 36.5 Å². The summed E-state index contributed by atoms with van der Waals surface area (Å²) in [5.41, 5.74) is 7.59. The maximum atomic E-state index is 12.9. The molecule has 0 radical (unpaired) electrons. The number of nitrogens with one attached hydrogen (secondary N) is 2. The fourth-order valence-corrected chi connectivity index (χ4v) is 6.46. The Morgan fingerprint density at radius 2 is 1.97 bits per heavy atom. The first-order valence-corrected chi connectivity index (χ1v) is 13.4. The lowest BCUT2D eigenvalue weighted by atomic mass is 9.72. The van der Waals surface area contributed by atoms with Crippen molar-refractivity contribution in [1.29, 1.82) is 0 Å². The Morgan fingerprint density at radius 1 is 1.27 bits per heavy atom. The molecule has 1 aliphatic heterocycles. The number of morpholine rings is 1. The van der Waals surface area contributed by atoms with Crippen molar-refractivity contribution in [2.24, 2.45) is 17.1 Å². The number of ether oxygens (including phenoxy) is 1. The number of hydrogen-bond acceptors (Lipinski definition) is 8. The molecule has 2 aliphatic rings. The number of anilines is 2. The smallest absolute Gasteiger partial charge is 0.293 e. The van der Waals surface area contributed by atoms with Gasteiger partial charge in [-0.2, -0.15) is 0 Å². The van der Waals surface area contributed by atoms with Crippen molar-refractivity contribution in [2.45, 2.75) is 40.0 Å². The van der Waals surface area contributed by atoms with Crippen molar-refractivity contribution in [1.82, 2.24) is 5.32 Å². The lowest BCUT2D eigenvalue weighted by molar-refractivity contribution is -0.384. The minimum Gasteiger partial charge on any atom is -0.378 e. The van der Waals surface area contributed by atoms with Gasteiger partial charge in [-0.05, 0) is 60.5 Å². The number of nitro groups is 1. The summed E-state index contributed by atoms with van der Waals surface area (Å²) in [5.74, 6) is -0.656. The average Bonchev–Trinajstić information content (AvgIpc) is 3.20. The van der Waals surface area contributed by atoms with E-state index in [1.807, 2.05) is 4.90 Å². The normalized spacial score (nSPS) is 17.6. The van der Waals surface area contributed by atoms with Gasteiger partial charge in [0, 0.05) is 29.6 Å². The van der Waals surface area contributed by atoms with Gasteiger partial charge < -0.3 is 20.7 Å².